The van der Waals surface area contributed by atoms with Crippen molar-refractivity contribution in [3.8, 4) is 5.75 Å². The van der Waals surface area contributed by atoms with E-state index in [9.17, 15) is 14.0 Å². The van der Waals surface area contributed by atoms with Crippen molar-refractivity contribution in [1.29, 1.82) is 0 Å². The molecule has 1 unspecified atom stereocenters. The number of nitrogens with one attached hydrogen (secondary N) is 1. The summed E-state index contributed by atoms with van der Waals surface area (Å²) in [5, 5.41) is 2.54. The zero-order chi connectivity index (χ0) is 21.4. The van der Waals surface area contributed by atoms with E-state index in [0.29, 0.717) is 5.75 Å². The van der Waals surface area contributed by atoms with Crippen molar-refractivity contribution in [2.45, 2.75) is 45.4 Å². The van der Waals surface area contributed by atoms with Crippen LogP contribution in [0.25, 0.3) is 0 Å². The van der Waals surface area contributed by atoms with Gasteiger partial charge in [0, 0.05) is 6.42 Å². The maximum atomic E-state index is 13.2. The van der Waals surface area contributed by atoms with Crippen molar-refractivity contribution in [2.75, 3.05) is 7.11 Å². The average molecular weight is 403 g/mol. The molecule has 1 N–H and O–H groups in total. The highest BCUT2D eigenvalue weighted by Crippen LogP contribution is 2.16. The van der Waals surface area contributed by atoms with Crippen LogP contribution < -0.4 is 10.1 Å². The highest BCUT2D eigenvalue weighted by Gasteiger charge is 2.25. The minimum Gasteiger partial charge on any atom is -0.489 e. The molecule has 0 saturated heterocycles. The van der Waals surface area contributed by atoms with Gasteiger partial charge in [-0.15, -0.1) is 0 Å². The van der Waals surface area contributed by atoms with E-state index in [-0.39, 0.29) is 18.8 Å². The van der Waals surface area contributed by atoms with Crippen LogP contribution in [-0.2, 0) is 27.3 Å². The SMILES string of the molecule is COC(=O)C(Cc1ccc(OCc2cccc(F)c2)cc1)NC(=O)OC(C)(C)C. The van der Waals surface area contributed by atoms with Gasteiger partial charge in [-0.25, -0.2) is 14.0 Å². The first-order valence-electron chi connectivity index (χ1n) is 9.20. The fraction of sp³-hybridized carbons (Fsp3) is 0.364. The Bertz CT molecular complexity index is 830. The van der Waals surface area contributed by atoms with Crippen molar-refractivity contribution >= 4 is 12.1 Å². The first-order valence-corrected chi connectivity index (χ1v) is 9.20. The van der Waals surface area contributed by atoms with Crippen molar-refractivity contribution in [3.63, 3.8) is 0 Å². The molecule has 0 bridgehead atoms. The number of alkyl carbamates (subject to hydrolysis) is 1. The number of hydrogen-bond acceptors (Lipinski definition) is 5. The van der Waals surface area contributed by atoms with Gasteiger partial charge in [-0.3, -0.25) is 0 Å². The van der Waals surface area contributed by atoms with Crippen LogP contribution in [-0.4, -0.2) is 30.8 Å². The monoisotopic (exact) mass is 403 g/mol. The minimum absolute atomic E-state index is 0.232. The van der Waals surface area contributed by atoms with Gasteiger partial charge in [0.25, 0.3) is 0 Å². The van der Waals surface area contributed by atoms with Gasteiger partial charge in [0.1, 0.15) is 29.8 Å². The summed E-state index contributed by atoms with van der Waals surface area (Å²) in [6.07, 6.45) is -0.459. The third kappa shape index (κ3) is 7.81. The molecule has 1 atom stereocenters. The molecule has 0 fully saturated rings. The molecule has 7 heteroatoms. The number of rotatable bonds is 7. The van der Waals surface area contributed by atoms with E-state index >= 15 is 0 Å². The van der Waals surface area contributed by atoms with E-state index < -0.39 is 23.7 Å². The Morgan fingerprint density at radius 1 is 1.07 bits per heavy atom. The maximum absolute atomic E-state index is 13.2. The summed E-state index contributed by atoms with van der Waals surface area (Å²) in [6.45, 7) is 5.45. The van der Waals surface area contributed by atoms with Crippen LogP contribution in [0, 0.1) is 5.82 Å². The third-order valence-electron chi connectivity index (χ3n) is 3.83. The molecule has 0 heterocycles. The van der Waals surface area contributed by atoms with Crippen LogP contribution in [0.3, 0.4) is 0 Å². The van der Waals surface area contributed by atoms with Gasteiger partial charge in [-0.2, -0.15) is 0 Å². The van der Waals surface area contributed by atoms with Crippen LogP contribution >= 0.6 is 0 Å². The molecule has 29 heavy (non-hydrogen) atoms. The second kappa shape index (κ2) is 9.91. The molecule has 1 amide bonds. The number of ether oxygens (including phenoxy) is 3. The lowest BCUT2D eigenvalue weighted by molar-refractivity contribution is -0.143. The van der Waals surface area contributed by atoms with Crippen molar-refractivity contribution < 1.29 is 28.2 Å². The summed E-state index contributed by atoms with van der Waals surface area (Å²) < 4.78 is 28.8. The van der Waals surface area contributed by atoms with Gasteiger partial charge in [0.15, 0.2) is 0 Å². The normalized spacial score (nSPS) is 12.0. The molecule has 2 aromatic carbocycles. The van der Waals surface area contributed by atoms with Gasteiger partial charge < -0.3 is 19.5 Å². The summed E-state index contributed by atoms with van der Waals surface area (Å²) in [6, 6.07) is 12.4. The fourth-order valence-corrected chi connectivity index (χ4v) is 2.54. The standard InChI is InChI=1S/C22H26FNO5/c1-22(2,3)29-21(26)24-19(20(25)27-4)13-15-8-10-18(11-9-15)28-14-16-6-5-7-17(23)12-16/h5-12,19H,13-14H2,1-4H3,(H,24,26). The van der Waals surface area contributed by atoms with E-state index in [4.69, 9.17) is 14.2 Å². The topological polar surface area (TPSA) is 73.9 Å². The van der Waals surface area contributed by atoms with Gasteiger partial charge in [0.05, 0.1) is 7.11 Å². The molecule has 156 valence electrons. The minimum atomic E-state index is -0.881. The van der Waals surface area contributed by atoms with Crippen LogP contribution in [0.1, 0.15) is 31.9 Å². The number of carbonyl (C=O) groups is 2. The number of hydrogen-bond donors (Lipinski definition) is 1. The number of amides is 1. The molecular weight excluding hydrogens is 377 g/mol. The number of methoxy groups -OCH3 is 1. The predicted molar refractivity (Wildman–Crippen MR) is 106 cm³/mol. The van der Waals surface area contributed by atoms with E-state index in [1.807, 2.05) is 0 Å². The molecule has 0 aliphatic carbocycles. The molecule has 2 aromatic rings. The Hall–Kier alpha value is -3.09. The molecule has 2 rings (SSSR count). The lowest BCUT2D eigenvalue weighted by atomic mass is 10.1. The number of benzene rings is 2. The van der Waals surface area contributed by atoms with Crippen LogP contribution in [0.5, 0.6) is 5.75 Å². The first-order chi connectivity index (χ1) is 13.7. The summed E-state index contributed by atoms with van der Waals surface area (Å²) in [5.41, 5.74) is 0.849. The van der Waals surface area contributed by atoms with Crippen molar-refractivity contribution in [3.05, 3.63) is 65.5 Å². The Morgan fingerprint density at radius 2 is 1.76 bits per heavy atom. The molecule has 0 aromatic heterocycles. The summed E-state index contributed by atoms with van der Waals surface area (Å²) in [5.74, 6) is -0.275. The van der Waals surface area contributed by atoms with Crippen LogP contribution in [0.2, 0.25) is 0 Å². The third-order valence-corrected chi connectivity index (χ3v) is 3.83. The fourth-order valence-electron chi connectivity index (χ4n) is 2.54. The van der Waals surface area contributed by atoms with E-state index in [1.165, 1.54) is 19.2 Å². The van der Waals surface area contributed by atoms with Crippen LogP contribution in [0.15, 0.2) is 48.5 Å². The average Bonchev–Trinajstić information content (AvgIpc) is 2.65. The van der Waals surface area contributed by atoms with Gasteiger partial charge in [0.2, 0.25) is 0 Å². The summed E-state index contributed by atoms with van der Waals surface area (Å²) >= 11 is 0. The molecule has 0 aliphatic heterocycles. The molecular formula is C22H26FNO5. The molecule has 0 radical (unpaired) electrons. The second-order valence-electron chi connectivity index (χ2n) is 7.49. The lowest BCUT2D eigenvalue weighted by Gasteiger charge is -2.22. The number of carbonyl (C=O) groups excluding carboxylic acids is 2. The highest BCUT2D eigenvalue weighted by molar-refractivity contribution is 5.81. The van der Waals surface area contributed by atoms with Gasteiger partial charge in [-0.1, -0.05) is 24.3 Å². The molecule has 0 saturated carbocycles. The van der Waals surface area contributed by atoms with Gasteiger partial charge in [-0.05, 0) is 56.2 Å². The summed E-state index contributed by atoms with van der Waals surface area (Å²) in [7, 11) is 1.26. The smallest absolute Gasteiger partial charge is 0.408 e. The molecule has 6 nitrogen and oxygen atoms in total. The van der Waals surface area contributed by atoms with Crippen LogP contribution in [0.4, 0.5) is 9.18 Å². The number of halogens is 1. The maximum Gasteiger partial charge on any atom is 0.408 e. The Morgan fingerprint density at radius 3 is 2.34 bits per heavy atom. The Labute approximate surface area is 170 Å². The Kier molecular flexibility index (Phi) is 7.59. The zero-order valence-electron chi connectivity index (χ0n) is 17.0. The largest absolute Gasteiger partial charge is 0.489 e. The van der Waals surface area contributed by atoms with Gasteiger partial charge >= 0.3 is 12.1 Å². The Balaban J connectivity index is 1.97. The number of esters is 1. The summed E-state index contributed by atoms with van der Waals surface area (Å²) in [4.78, 5) is 24.0. The first kappa shape index (κ1) is 22.2. The second-order valence-corrected chi connectivity index (χ2v) is 7.49. The van der Waals surface area contributed by atoms with Crippen molar-refractivity contribution in [1.82, 2.24) is 5.32 Å². The van der Waals surface area contributed by atoms with E-state index in [0.717, 1.165) is 11.1 Å². The lowest BCUT2D eigenvalue weighted by Crippen LogP contribution is -2.45. The quantitative estimate of drug-likeness (QED) is 0.707. The molecule has 0 aliphatic rings. The molecule has 0 spiro atoms. The predicted octanol–water partition coefficient (Wildman–Crippen LogP) is 4.01. The zero-order valence-corrected chi connectivity index (χ0v) is 17.0. The van der Waals surface area contributed by atoms with E-state index in [2.05, 4.69) is 5.32 Å². The highest BCUT2D eigenvalue weighted by atomic mass is 19.1. The van der Waals surface area contributed by atoms with E-state index in [1.54, 1.807) is 57.2 Å². The van der Waals surface area contributed by atoms with Crippen molar-refractivity contribution in [2.24, 2.45) is 0 Å².